The van der Waals surface area contributed by atoms with Crippen LogP contribution in [0.2, 0.25) is 0 Å². The van der Waals surface area contributed by atoms with Crippen LogP contribution in [0, 0.1) is 5.82 Å². The standard InChI is InChI=1S/C21H32FN3O2S/c1-4-23-20(24-15-21(28-3)9-11-26-12-10-21)25-13-16(2)27-19(14-25)17-5-7-18(22)8-6-17/h5-8,16,19H,4,9-15H2,1-3H3,(H,23,24). The Balaban J connectivity index is 1.75. The normalized spacial score (nSPS) is 25.6. The van der Waals surface area contributed by atoms with E-state index in [1.165, 1.54) is 12.1 Å². The van der Waals surface area contributed by atoms with E-state index in [2.05, 4.69) is 30.3 Å². The predicted molar refractivity (Wildman–Crippen MR) is 114 cm³/mol. The number of rotatable bonds is 5. The first-order valence-electron chi connectivity index (χ1n) is 10.1. The lowest BCUT2D eigenvalue weighted by molar-refractivity contribution is -0.0605. The molecule has 1 aromatic rings. The second kappa shape index (κ2) is 9.94. The van der Waals surface area contributed by atoms with Crippen molar-refractivity contribution in [3.05, 3.63) is 35.6 Å². The summed E-state index contributed by atoms with van der Waals surface area (Å²) in [7, 11) is 0. The number of guanidine groups is 1. The van der Waals surface area contributed by atoms with Crippen LogP contribution in [0.25, 0.3) is 0 Å². The van der Waals surface area contributed by atoms with E-state index < -0.39 is 0 Å². The Bertz CT molecular complexity index is 650. The van der Waals surface area contributed by atoms with E-state index in [-0.39, 0.29) is 22.8 Å². The van der Waals surface area contributed by atoms with Gasteiger partial charge in [0.25, 0.3) is 0 Å². The molecule has 0 aliphatic carbocycles. The highest BCUT2D eigenvalue weighted by Crippen LogP contribution is 2.34. The molecule has 2 aliphatic rings. The molecule has 1 N–H and O–H groups in total. The van der Waals surface area contributed by atoms with Crippen LogP contribution in [-0.2, 0) is 9.47 Å². The van der Waals surface area contributed by atoms with E-state index in [9.17, 15) is 4.39 Å². The average molecular weight is 410 g/mol. The average Bonchev–Trinajstić information content (AvgIpc) is 2.72. The number of ether oxygens (including phenoxy) is 2. The molecule has 0 spiro atoms. The zero-order valence-corrected chi connectivity index (χ0v) is 17.9. The quantitative estimate of drug-likeness (QED) is 0.596. The minimum Gasteiger partial charge on any atom is -0.381 e. The molecule has 156 valence electrons. The topological polar surface area (TPSA) is 46.1 Å². The summed E-state index contributed by atoms with van der Waals surface area (Å²) in [6.07, 6.45) is 4.23. The first kappa shape index (κ1) is 21.4. The molecular formula is C21H32FN3O2S. The molecular weight excluding hydrogens is 377 g/mol. The third-order valence-corrected chi connectivity index (χ3v) is 6.89. The third-order valence-electron chi connectivity index (χ3n) is 5.49. The van der Waals surface area contributed by atoms with Gasteiger partial charge in [0.2, 0.25) is 0 Å². The van der Waals surface area contributed by atoms with E-state index in [4.69, 9.17) is 14.5 Å². The summed E-state index contributed by atoms with van der Waals surface area (Å²) in [5, 5.41) is 3.45. The first-order chi connectivity index (χ1) is 13.5. The van der Waals surface area contributed by atoms with E-state index >= 15 is 0 Å². The number of nitrogens with zero attached hydrogens (tertiary/aromatic N) is 2. The summed E-state index contributed by atoms with van der Waals surface area (Å²) in [6.45, 7) is 8.90. The zero-order chi connectivity index (χ0) is 20.0. The summed E-state index contributed by atoms with van der Waals surface area (Å²) < 4.78 is 25.1. The molecule has 0 bridgehead atoms. The molecule has 1 aromatic carbocycles. The summed E-state index contributed by atoms with van der Waals surface area (Å²) in [5.74, 6) is 0.711. The minimum absolute atomic E-state index is 0.0743. The van der Waals surface area contributed by atoms with Crippen molar-refractivity contribution in [3.8, 4) is 0 Å². The van der Waals surface area contributed by atoms with E-state index in [1.807, 2.05) is 23.9 Å². The summed E-state index contributed by atoms with van der Waals surface area (Å²) in [5.41, 5.74) is 0.999. The molecule has 2 aliphatic heterocycles. The van der Waals surface area contributed by atoms with Crippen molar-refractivity contribution in [1.29, 1.82) is 0 Å². The molecule has 7 heteroatoms. The number of morpholine rings is 1. The third kappa shape index (κ3) is 5.39. The van der Waals surface area contributed by atoms with Gasteiger partial charge in [-0.1, -0.05) is 12.1 Å². The van der Waals surface area contributed by atoms with E-state index in [0.29, 0.717) is 6.54 Å². The maximum absolute atomic E-state index is 13.3. The van der Waals surface area contributed by atoms with Crippen molar-refractivity contribution < 1.29 is 13.9 Å². The number of halogens is 1. The van der Waals surface area contributed by atoms with Gasteiger partial charge in [-0.05, 0) is 50.6 Å². The van der Waals surface area contributed by atoms with Crippen LogP contribution in [0.5, 0.6) is 0 Å². The second-order valence-electron chi connectivity index (χ2n) is 7.56. The Morgan fingerprint density at radius 2 is 2.00 bits per heavy atom. The minimum atomic E-state index is -0.224. The Hall–Kier alpha value is -1.31. The van der Waals surface area contributed by atoms with Crippen molar-refractivity contribution in [1.82, 2.24) is 10.2 Å². The highest BCUT2D eigenvalue weighted by atomic mass is 32.2. The fourth-order valence-electron chi connectivity index (χ4n) is 3.80. The van der Waals surface area contributed by atoms with Crippen molar-refractivity contribution >= 4 is 17.7 Å². The molecule has 0 saturated carbocycles. The lowest BCUT2D eigenvalue weighted by atomic mass is 9.99. The fraction of sp³-hybridized carbons (Fsp3) is 0.667. The Morgan fingerprint density at radius 1 is 1.29 bits per heavy atom. The monoisotopic (exact) mass is 409 g/mol. The Kier molecular flexibility index (Phi) is 7.60. The van der Waals surface area contributed by atoms with Crippen molar-refractivity contribution in [2.45, 2.75) is 43.6 Å². The number of aliphatic imine (C=N–C) groups is 1. The molecule has 0 amide bonds. The number of hydrogen-bond acceptors (Lipinski definition) is 4. The molecule has 0 aromatic heterocycles. The molecule has 2 atom stereocenters. The van der Waals surface area contributed by atoms with Crippen molar-refractivity contribution in [2.24, 2.45) is 4.99 Å². The molecule has 0 radical (unpaired) electrons. The van der Waals surface area contributed by atoms with Gasteiger partial charge in [0, 0.05) is 31.1 Å². The maximum atomic E-state index is 13.3. The van der Waals surface area contributed by atoms with E-state index in [1.54, 1.807) is 0 Å². The van der Waals surface area contributed by atoms with Gasteiger partial charge in [-0.2, -0.15) is 11.8 Å². The van der Waals surface area contributed by atoms with Crippen LogP contribution in [0.4, 0.5) is 4.39 Å². The van der Waals surface area contributed by atoms with E-state index in [0.717, 1.165) is 57.2 Å². The van der Waals surface area contributed by atoms with Gasteiger partial charge < -0.3 is 19.7 Å². The first-order valence-corrected chi connectivity index (χ1v) is 11.3. The summed E-state index contributed by atoms with van der Waals surface area (Å²) in [4.78, 5) is 7.30. The zero-order valence-electron chi connectivity index (χ0n) is 17.1. The number of hydrogen-bond donors (Lipinski definition) is 1. The van der Waals surface area contributed by atoms with Crippen LogP contribution >= 0.6 is 11.8 Å². The summed E-state index contributed by atoms with van der Waals surface area (Å²) in [6, 6.07) is 6.61. The fourth-order valence-corrected chi connectivity index (χ4v) is 4.57. The molecule has 2 heterocycles. The predicted octanol–water partition coefficient (Wildman–Crippen LogP) is 3.47. The second-order valence-corrected chi connectivity index (χ2v) is 8.84. The Morgan fingerprint density at radius 3 is 2.64 bits per heavy atom. The Labute approximate surface area is 172 Å². The highest BCUT2D eigenvalue weighted by molar-refractivity contribution is 8.00. The van der Waals surface area contributed by atoms with Gasteiger partial charge in [-0.25, -0.2) is 4.39 Å². The number of benzene rings is 1. The van der Waals surface area contributed by atoms with Crippen LogP contribution in [0.3, 0.4) is 0 Å². The smallest absolute Gasteiger partial charge is 0.194 e. The summed E-state index contributed by atoms with van der Waals surface area (Å²) >= 11 is 1.91. The van der Waals surface area contributed by atoms with Crippen LogP contribution in [0.15, 0.2) is 29.3 Å². The molecule has 3 rings (SSSR count). The maximum Gasteiger partial charge on any atom is 0.194 e. The van der Waals surface area contributed by atoms with Crippen LogP contribution < -0.4 is 5.32 Å². The van der Waals surface area contributed by atoms with Gasteiger partial charge in [0.05, 0.1) is 19.2 Å². The molecule has 2 unspecified atom stereocenters. The SMILES string of the molecule is CCNC(=NCC1(SC)CCOCC1)N1CC(C)OC(c2ccc(F)cc2)C1. The van der Waals surface area contributed by atoms with Gasteiger partial charge in [-0.3, -0.25) is 4.99 Å². The van der Waals surface area contributed by atoms with Crippen molar-refractivity contribution in [3.63, 3.8) is 0 Å². The molecule has 2 saturated heterocycles. The molecule has 5 nitrogen and oxygen atoms in total. The van der Waals surface area contributed by atoms with Crippen LogP contribution in [0.1, 0.15) is 38.4 Å². The van der Waals surface area contributed by atoms with Gasteiger partial charge in [0.1, 0.15) is 11.9 Å². The van der Waals surface area contributed by atoms with Gasteiger partial charge >= 0.3 is 0 Å². The largest absolute Gasteiger partial charge is 0.381 e. The number of nitrogens with one attached hydrogen (secondary N) is 1. The molecule has 28 heavy (non-hydrogen) atoms. The number of thioether (sulfide) groups is 1. The lowest BCUT2D eigenvalue weighted by Crippen LogP contribution is -2.51. The highest BCUT2D eigenvalue weighted by Gasteiger charge is 2.33. The van der Waals surface area contributed by atoms with Crippen molar-refractivity contribution in [2.75, 3.05) is 45.6 Å². The van der Waals surface area contributed by atoms with Gasteiger partial charge in [-0.15, -0.1) is 0 Å². The van der Waals surface area contributed by atoms with Gasteiger partial charge in [0.15, 0.2) is 5.96 Å². The van der Waals surface area contributed by atoms with Crippen LogP contribution in [-0.4, -0.2) is 67.4 Å². The lowest BCUT2D eigenvalue weighted by Gasteiger charge is -2.39. The molecule has 2 fully saturated rings.